The molecule has 0 aliphatic carbocycles. The molecule has 3 nitrogen and oxygen atoms in total. The van der Waals surface area contributed by atoms with Crippen molar-refractivity contribution in [3.63, 3.8) is 0 Å². The van der Waals surface area contributed by atoms with E-state index in [4.69, 9.17) is 10.8 Å². The molecule has 0 aromatic rings. The molecule has 1 fully saturated rings. The van der Waals surface area contributed by atoms with E-state index >= 15 is 0 Å². The molecule has 0 saturated carbocycles. The van der Waals surface area contributed by atoms with Crippen molar-refractivity contribution in [3.05, 3.63) is 0 Å². The Kier molecular flexibility index (Phi) is 2.45. The maximum Gasteiger partial charge on any atom is 0.115 e. The van der Waals surface area contributed by atoms with Crippen molar-refractivity contribution >= 4 is 0 Å². The van der Waals surface area contributed by atoms with Crippen LogP contribution in [0.25, 0.3) is 0 Å². The number of hydrogen-bond donors (Lipinski definition) is 2. The Labute approximate surface area is 55.5 Å². The number of aliphatic hydroxyl groups excluding tert-OH is 1. The van der Waals surface area contributed by atoms with E-state index in [1.54, 1.807) is 0 Å². The maximum absolute atomic E-state index is 8.75. The molecule has 0 radical (unpaired) electrons. The highest BCUT2D eigenvalue weighted by Gasteiger charge is 2.12. The second-order valence-electron chi connectivity index (χ2n) is 2.58. The normalized spacial score (nSPS) is 24.7. The van der Waals surface area contributed by atoms with Crippen molar-refractivity contribution in [2.45, 2.75) is 19.1 Å². The van der Waals surface area contributed by atoms with Crippen LogP contribution < -0.4 is 5.73 Å². The summed E-state index contributed by atoms with van der Waals surface area (Å²) in [6.45, 7) is 2.85. The average Bonchev–Trinajstić information content (AvgIpc) is 2.15. The quantitative estimate of drug-likeness (QED) is 0.489. The van der Waals surface area contributed by atoms with Crippen LogP contribution in [0.2, 0.25) is 0 Å². The van der Waals surface area contributed by atoms with Crippen LogP contribution in [0.1, 0.15) is 12.8 Å². The lowest BCUT2D eigenvalue weighted by Crippen LogP contribution is -2.35. The summed E-state index contributed by atoms with van der Waals surface area (Å²) in [6.07, 6.45) is 1.86. The first-order chi connectivity index (χ1) is 4.29. The topological polar surface area (TPSA) is 49.5 Å². The van der Waals surface area contributed by atoms with E-state index in [1.165, 1.54) is 12.8 Å². The highest BCUT2D eigenvalue weighted by Crippen LogP contribution is 2.05. The summed E-state index contributed by atoms with van der Waals surface area (Å²) in [7, 11) is 0. The van der Waals surface area contributed by atoms with Gasteiger partial charge in [-0.05, 0) is 25.9 Å². The number of nitrogens with zero attached hydrogens (tertiary/aromatic N) is 1. The van der Waals surface area contributed by atoms with Crippen molar-refractivity contribution < 1.29 is 5.11 Å². The Morgan fingerprint density at radius 2 is 2.00 bits per heavy atom. The minimum atomic E-state index is -0.650. The van der Waals surface area contributed by atoms with Gasteiger partial charge in [-0.1, -0.05) is 0 Å². The maximum atomic E-state index is 8.75. The van der Waals surface area contributed by atoms with E-state index in [-0.39, 0.29) is 0 Å². The van der Waals surface area contributed by atoms with Crippen LogP contribution in [0.5, 0.6) is 0 Å². The Morgan fingerprint density at radius 1 is 1.44 bits per heavy atom. The lowest BCUT2D eigenvalue weighted by atomic mass is 10.4. The van der Waals surface area contributed by atoms with Crippen molar-refractivity contribution in [3.8, 4) is 0 Å². The Balaban J connectivity index is 2.11. The standard InChI is InChI=1S/C6H14N2O/c7-6(9)5-8-3-1-2-4-8/h6,9H,1-5,7H2. The molecular formula is C6H14N2O. The van der Waals surface area contributed by atoms with Gasteiger partial charge in [0.05, 0.1) is 0 Å². The monoisotopic (exact) mass is 130 g/mol. The van der Waals surface area contributed by atoms with Gasteiger partial charge in [0.15, 0.2) is 0 Å². The number of rotatable bonds is 2. The number of likely N-dealkylation sites (tertiary alicyclic amines) is 1. The summed E-state index contributed by atoms with van der Waals surface area (Å²) < 4.78 is 0. The summed E-state index contributed by atoms with van der Waals surface area (Å²) in [5.74, 6) is 0. The van der Waals surface area contributed by atoms with E-state index in [9.17, 15) is 0 Å². The molecule has 3 heteroatoms. The first kappa shape index (κ1) is 6.99. The number of β-amino-alcohol motifs (C(OH)–C–C–N with tert-alkyl or cyclic N) is 1. The van der Waals surface area contributed by atoms with Crippen molar-refractivity contribution in [2.24, 2.45) is 5.73 Å². The van der Waals surface area contributed by atoms with Crippen molar-refractivity contribution in [1.29, 1.82) is 0 Å². The van der Waals surface area contributed by atoms with Gasteiger partial charge in [-0.15, -0.1) is 0 Å². The predicted octanol–water partition coefficient (Wildman–Crippen LogP) is -0.641. The fraction of sp³-hybridized carbons (Fsp3) is 1.00. The third-order valence-corrected chi connectivity index (χ3v) is 1.64. The average molecular weight is 130 g/mol. The Hall–Kier alpha value is -0.120. The molecule has 1 aliphatic rings. The fourth-order valence-corrected chi connectivity index (χ4v) is 1.23. The van der Waals surface area contributed by atoms with Gasteiger partial charge in [0.1, 0.15) is 6.23 Å². The highest BCUT2D eigenvalue weighted by molar-refractivity contribution is 4.66. The highest BCUT2D eigenvalue weighted by atomic mass is 16.3. The molecule has 0 amide bonds. The largest absolute Gasteiger partial charge is 0.377 e. The van der Waals surface area contributed by atoms with Crippen LogP contribution in [0.15, 0.2) is 0 Å². The molecule has 54 valence electrons. The van der Waals surface area contributed by atoms with Gasteiger partial charge in [0.2, 0.25) is 0 Å². The molecule has 1 saturated heterocycles. The SMILES string of the molecule is NC(O)CN1CCCC1. The molecule has 1 atom stereocenters. The number of nitrogens with two attached hydrogens (primary N) is 1. The van der Waals surface area contributed by atoms with Gasteiger partial charge in [-0.2, -0.15) is 0 Å². The van der Waals surface area contributed by atoms with Gasteiger partial charge in [-0.25, -0.2) is 0 Å². The fourth-order valence-electron chi connectivity index (χ4n) is 1.23. The summed E-state index contributed by atoms with van der Waals surface area (Å²) >= 11 is 0. The molecule has 1 rings (SSSR count). The summed E-state index contributed by atoms with van der Waals surface area (Å²) in [5, 5.41) is 8.75. The molecule has 0 aromatic carbocycles. The zero-order valence-corrected chi connectivity index (χ0v) is 5.58. The van der Waals surface area contributed by atoms with Crippen LogP contribution in [0.4, 0.5) is 0 Å². The van der Waals surface area contributed by atoms with Crippen molar-refractivity contribution in [2.75, 3.05) is 19.6 Å². The van der Waals surface area contributed by atoms with Crippen LogP contribution >= 0.6 is 0 Å². The summed E-state index contributed by atoms with van der Waals surface area (Å²) in [4.78, 5) is 2.19. The molecule has 1 unspecified atom stereocenters. The molecule has 1 heterocycles. The molecule has 3 N–H and O–H groups in total. The smallest absolute Gasteiger partial charge is 0.115 e. The Morgan fingerprint density at radius 3 is 2.44 bits per heavy atom. The second-order valence-corrected chi connectivity index (χ2v) is 2.58. The van der Waals surface area contributed by atoms with Crippen LogP contribution in [0.3, 0.4) is 0 Å². The third-order valence-electron chi connectivity index (χ3n) is 1.64. The zero-order chi connectivity index (χ0) is 6.69. The van der Waals surface area contributed by atoms with E-state index in [0.717, 1.165) is 13.1 Å². The van der Waals surface area contributed by atoms with Gasteiger partial charge < -0.3 is 10.8 Å². The van der Waals surface area contributed by atoms with Crippen LogP contribution in [-0.4, -0.2) is 35.9 Å². The minimum absolute atomic E-state index is 0.639. The molecule has 0 spiro atoms. The molecule has 9 heavy (non-hydrogen) atoms. The van der Waals surface area contributed by atoms with Crippen LogP contribution in [-0.2, 0) is 0 Å². The Bertz CT molecular complexity index is 79.1. The first-order valence-corrected chi connectivity index (χ1v) is 3.45. The third kappa shape index (κ3) is 2.30. The minimum Gasteiger partial charge on any atom is -0.377 e. The van der Waals surface area contributed by atoms with Crippen molar-refractivity contribution in [1.82, 2.24) is 4.90 Å². The van der Waals surface area contributed by atoms with Gasteiger partial charge in [0.25, 0.3) is 0 Å². The summed E-state index contributed by atoms with van der Waals surface area (Å²) in [6, 6.07) is 0. The second kappa shape index (κ2) is 3.15. The zero-order valence-electron chi connectivity index (χ0n) is 5.58. The lowest BCUT2D eigenvalue weighted by Gasteiger charge is -2.15. The number of aliphatic hydroxyl groups is 1. The molecule has 1 aliphatic heterocycles. The van der Waals surface area contributed by atoms with Gasteiger partial charge in [-0.3, -0.25) is 4.90 Å². The van der Waals surface area contributed by atoms with E-state index in [1.807, 2.05) is 0 Å². The molecule has 0 bridgehead atoms. The first-order valence-electron chi connectivity index (χ1n) is 3.45. The molecule has 0 aromatic heterocycles. The molecular weight excluding hydrogens is 116 g/mol. The van der Waals surface area contributed by atoms with E-state index in [2.05, 4.69) is 4.90 Å². The van der Waals surface area contributed by atoms with Gasteiger partial charge >= 0.3 is 0 Å². The van der Waals surface area contributed by atoms with Crippen LogP contribution in [0, 0.1) is 0 Å². The lowest BCUT2D eigenvalue weighted by molar-refractivity contribution is 0.131. The predicted molar refractivity (Wildman–Crippen MR) is 35.9 cm³/mol. The summed E-state index contributed by atoms with van der Waals surface area (Å²) in [5.41, 5.74) is 5.19. The van der Waals surface area contributed by atoms with E-state index in [0.29, 0.717) is 6.54 Å². The van der Waals surface area contributed by atoms with Gasteiger partial charge in [0, 0.05) is 6.54 Å². The van der Waals surface area contributed by atoms with E-state index < -0.39 is 6.23 Å². The number of hydrogen-bond acceptors (Lipinski definition) is 3.